The van der Waals surface area contributed by atoms with Crippen molar-refractivity contribution in [2.75, 3.05) is 36.0 Å². The van der Waals surface area contributed by atoms with E-state index in [0.29, 0.717) is 5.65 Å². The molecule has 7 heterocycles. The monoisotopic (exact) mass is 486 g/mol. The molecule has 186 valence electrons. The summed E-state index contributed by atoms with van der Waals surface area (Å²) < 4.78 is 5.87. The summed E-state index contributed by atoms with van der Waals surface area (Å²) in [5.74, 6) is 1.67. The van der Waals surface area contributed by atoms with Gasteiger partial charge in [-0.1, -0.05) is 0 Å². The molecule has 0 saturated carbocycles. The lowest BCUT2D eigenvalue weighted by Crippen LogP contribution is -2.50. The van der Waals surface area contributed by atoms with E-state index in [4.69, 9.17) is 25.4 Å². The van der Waals surface area contributed by atoms with Gasteiger partial charge in [-0.25, -0.2) is 15.0 Å². The molecule has 0 unspecified atom stereocenters. The molecule has 2 atom stereocenters. The first kappa shape index (κ1) is 21.7. The molecule has 0 aromatic carbocycles. The molecule has 11 heteroatoms. The maximum Gasteiger partial charge on any atom is 0.183 e. The molecule has 4 N–H and O–H groups in total. The normalized spacial score (nSPS) is 23.5. The number of nitrogens with two attached hydrogens (primary N) is 1. The summed E-state index contributed by atoms with van der Waals surface area (Å²) in [7, 11) is 0. The highest BCUT2D eigenvalue weighted by Crippen LogP contribution is 2.42. The van der Waals surface area contributed by atoms with Crippen LogP contribution in [0.5, 0.6) is 0 Å². The van der Waals surface area contributed by atoms with Crippen molar-refractivity contribution in [1.29, 1.82) is 0 Å². The Kier molecular flexibility index (Phi) is 4.97. The van der Waals surface area contributed by atoms with Crippen molar-refractivity contribution in [2.24, 2.45) is 11.1 Å². The van der Waals surface area contributed by atoms with Crippen LogP contribution in [0.2, 0.25) is 0 Å². The van der Waals surface area contributed by atoms with Crippen LogP contribution in [0.1, 0.15) is 31.9 Å². The molecule has 0 bridgehead atoms. The molecule has 3 aliphatic heterocycles. The standard InChI is InChI=1S/C25H30N10O/c1-15-22(26)25(14-36-15)7-11-34(12-8-25)20-13-27-21-23(30-20)32-33-24(21)35-10-2-3-18-19(35)5-4-16(29-18)17-6-9-28-31-17/h4-6,9,13,15,22H,2-3,7-8,10-12,14,26H2,1H3,(H,28,31)(H,30,32,33)/t15-,22+/m0/s1. The second-order valence-electron chi connectivity index (χ2n) is 10.3. The first-order valence-corrected chi connectivity index (χ1v) is 12.7. The number of aryl methyl sites for hydroxylation is 1. The number of aromatic amines is 2. The maximum atomic E-state index is 6.49. The van der Waals surface area contributed by atoms with Gasteiger partial charge >= 0.3 is 0 Å². The van der Waals surface area contributed by atoms with E-state index >= 15 is 0 Å². The summed E-state index contributed by atoms with van der Waals surface area (Å²) in [5.41, 5.74) is 12.0. The van der Waals surface area contributed by atoms with Crippen molar-refractivity contribution in [3.8, 4) is 11.4 Å². The summed E-state index contributed by atoms with van der Waals surface area (Å²) >= 11 is 0. The third kappa shape index (κ3) is 3.37. The van der Waals surface area contributed by atoms with Crippen LogP contribution >= 0.6 is 0 Å². The van der Waals surface area contributed by atoms with E-state index < -0.39 is 0 Å². The molecule has 3 aliphatic rings. The van der Waals surface area contributed by atoms with Crippen molar-refractivity contribution in [1.82, 2.24) is 35.3 Å². The van der Waals surface area contributed by atoms with Gasteiger partial charge in [-0.3, -0.25) is 10.2 Å². The fraction of sp³-hybridized carbons (Fsp3) is 0.480. The number of ether oxygens (including phenoxy) is 1. The van der Waals surface area contributed by atoms with E-state index in [1.807, 2.05) is 18.3 Å². The lowest BCUT2D eigenvalue weighted by Gasteiger charge is -2.41. The van der Waals surface area contributed by atoms with Crippen LogP contribution in [0.25, 0.3) is 22.6 Å². The maximum absolute atomic E-state index is 6.49. The third-order valence-corrected chi connectivity index (χ3v) is 8.24. The molecule has 7 rings (SSSR count). The second kappa shape index (κ2) is 8.24. The first-order chi connectivity index (χ1) is 17.6. The largest absolute Gasteiger partial charge is 0.376 e. The van der Waals surface area contributed by atoms with Gasteiger partial charge in [0.05, 0.1) is 41.7 Å². The summed E-state index contributed by atoms with van der Waals surface area (Å²) in [6.45, 7) is 5.49. The van der Waals surface area contributed by atoms with Gasteiger partial charge < -0.3 is 20.3 Å². The van der Waals surface area contributed by atoms with Crippen LogP contribution in [0, 0.1) is 5.41 Å². The highest BCUT2D eigenvalue weighted by Gasteiger charge is 2.47. The Morgan fingerprint density at radius 3 is 2.78 bits per heavy atom. The number of piperidine rings is 1. The van der Waals surface area contributed by atoms with E-state index in [2.05, 4.69) is 43.2 Å². The molecule has 0 aliphatic carbocycles. The minimum absolute atomic E-state index is 0.0849. The zero-order valence-corrected chi connectivity index (χ0v) is 20.3. The van der Waals surface area contributed by atoms with E-state index in [0.717, 1.165) is 91.8 Å². The Balaban J connectivity index is 1.14. The van der Waals surface area contributed by atoms with Gasteiger partial charge in [0, 0.05) is 37.3 Å². The smallest absolute Gasteiger partial charge is 0.183 e. The van der Waals surface area contributed by atoms with Gasteiger partial charge in [-0.15, -0.1) is 0 Å². The Morgan fingerprint density at radius 2 is 2.00 bits per heavy atom. The molecular formula is C25H30N10O. The summed E-state index contributed by atoms with van der Waals surface area (Å²) in [6.07, 6.45) is 7.67. The van der Waals surface area contributed by atoms with Crippen molar-refractivity contribution in [2.45, 2.75) is 44.8 Å². The Labute approximate surface area is 208 Å². The Hall–Kier alpha value is -3.57. The van der Waals surface area contributed by atoms with Crippen LogP contribution in [0.15, 0.2) is 30.6 Å². The third-order valence-electron chi connectivity index (χ3n) is 8.24. The van der Waals surface area contributed by atoms with Gasteiger partial charge in [-0.2, -0.15) is 10.2 Å². The predicted octanol–water partition coefficient (Wildman–Crippen LogP) is 2.55. The SMILES string of the molecule is C[C@@H]1OCC2(CCN(c3cnc4c(N5CCCc6nc(-c7ccn[nH]7)ccc65)n[nH]c4n3)CC2)[C@@H]1N. The molecular weight excluding hydrogens is 456 g/mol. The highest BCUT2D eigenvalue weighted by atomic mass is 16.5. The van der Waals surface area contributed by atoms with Crippen molar-refractivity contribution < 1.29 is 4.74 Å². The lowest BCUT2D eigenvalue weighted by atomic mass is 9.73. The number of hydrogen-bond donors (Lipinski definition) is 3. The molecule has 11 nitrogen and oxygen atoms in total. The average Bonchev–Trinajstić information content (AvgIpc) is 3.66. The quantitative estimate of drug-likeness (QED) is 0.399. The first-order valence-electron chi connectivity index (χ1n) is 12.7. The molecule has 2 fully saturated rings. The molecule has 0 radical (unpaired) electrons. The van der Waals surface area contributed by atoms with Crippen molar-refractivity contribution in [3.05, 3.63) is 36.3 Å². The van der Waals surface area contributed by atoms with Crippen molar-refractivity contribution in [3.63, 3.8) is 0 Å². The van der Waals surface area contributed by atoms with Crippen LogP contribution in [0.4, 0.5) is 17.3 Å². The van der Waals surface area contributed by atoms with Gasteiger partial charge in [0.2, 0.25) is 0 Å². The number of H-pyrrole nitrogens is 2. The van der Waals surface area contributed by atoms with Crippen LogP contribution in [-0.4, -0.2) is 73.7 Å². The van der Waals surface area contributed by atoms with Gasteiger partial charge in [0.1, 0.15) is 5.82 Å². The van der Waals surface area contributed by atoms with E-state index in [9.17, 15) is 0 Å². The predicted molar refractivity (Wildman–Crippen MR) is 136 cm³/mol. The van der Waals surface area contributed by atoms with Gasteiger partial charge in [0.15, 0.2) is 17.0 Å². The number of nitrogens with one attached hydrogen (secondary N) is 2. The summed E-state index contributed by atoms with van der Waals surface area (Å²) in [4.78, 5) is 19.1. The number of rotatable bonds is 3. The Bertz CT molecular complexity index is 1390. The summed E-state index contributed by atoms with van der Waals surface area (Å²) in [5, 5.41) is 14.8. The topological polar surface area (TPSA) is 138 Å². The lowest BCUT2D eigenvalue weighted by molar-refractivity contribution is 0.0974. The van der Waals surface area contributed by atoms with Crippen LogP contribution in [0.3, 0.4) is 0 Å². The van der Waals surface area contributed by atoms with Gasteiger partial charge in [-0.05, 0) is 50.8 Å². The number of aromatic nitrogens is 7. The number of fused-ring (bicyclic) bond motifs is 2. The van der Waals surface area contributed by atoms with E-state index in [1.165, 1.54) is 0 Å². The van der Waals surface area contributed by atoms with Crippen molar-refractivity contribution >= 4 is 28.5 Å². The highest BCUT2D eigenvalue weighted by molar-refractivity contribution is 5.87. The molecule has 4 aromatic rings. The number of anilines is 3. The zero-order valence-electron chi connectivity index (χ0n) is 20.3. The average molecular weight is 487 g/mol. The molecule has 4 aromatic heterocycles. The van der Waals surface area contributed by atoms with E-state index in [1.54, 1.807) is 6.20 Å². The molecule has 2 saturated heterocycles. The summed E-state index contributed by atoms with van der Waals surface area (Å²) in [6, 6.07) is 6.17. The second-order valence-corrected chi connectivity index (χ2v) is 10.3. The number of hydrogen-bond acceptors (Lipinski definition) is 9. The Morgan fingerprint density at radius 1 is 1.11 bits per heavy atom. The zero-order chi connectivity index (χ0) is 24.3. The fourth-order valence-electron chi connectivity index (χ4n) is 5.99. The number of nitrogens with zero attached hydrogens (tertiary/aromatic N) is 7. The number of pyridine rings is 1. The molecule has 1 spiro atoms. The molecule has 0 amide bonds. The van der Waals surface area contributed by atoms with Crippen LogP contribution < -0.4 is 15.5 Å². The van der Waals surface area contributed by atoms with E-state index in [-0.39, 0.29) is 17.6 Å². The fourth-order valence-corrected chi connectivity index (χ4v) is 5.99. The minimum atomic E-state index is 0.0849. The molecule has 36 heavy (non-hydrogen) atoms. The minimum Gasteiger partial charge on any atom is -0.376 e. The van der Waals surface area contributed by atoms with Crippen LogP contribution in [-0.2, 0) is 11.2 Å². The van der Waals surface area contributed by atoms with Gasteiger partial charge in [0.25, 0.3) is 0 Å².